The second-order valence-electron chi connectivity index (χ2n) is 7.12. The molecule has 1 aromatic rings. The Morgan fingerprint density at radius 2 is 1.96 bits per heavy atom. The first-order valence-corrected chi connectivity index (χ1v) is 11.5. The van der Waals surface area contributed by atoms with Crippen molar-refractivity contribution in [3.05, 3.63) is 24.3 Å². The van der Waals surface area contributed by atoms with Crippen LogP contribution in [0.2, 0.25) is 0 Å². The standard InChI is InChI=1S/C18H25N3O3S2/c1-5-12(2)17(22)19-18-21(14-8-6-13(7-9-14)20(3)4)15-10-26(23,24)11-16(15)25-18/h6-9,12,15-16H,5,10-11H2,1-4H3/t12-,15-,16+/m0/s1. The van der Waals surface area contributed by atoms with Crippen molar-refractivity contribution in [1.82, 2.24) is 0 Å². The normalized spacial score (nSPS) is 26.8. The summed E-state index contributed by atoms with van der Waals surface area (Å²) >= 11 is 1.42. The zero-order valence-electron chi connectivity index (χ0n) is 15.5. The molecule has 2 aliphatic heterocycles. The van der Waals surface area contributed by atoms with Crippen molar-refractivity contribution < 1.29 is 13.2 Å². The smallest absolute Gasteiger partial charge is 0.250 e. The number of fused-ring (bicyclic) bond motifs is 1. The van der Waals surface area contributed by atoms with Crippen molar-refractivity contribution in [3.63, 3.8) is 0 Å². The van der Waals surface area contributed by atoms with Crippen LogP contribution in [-0.2, 0) is 14.6 Å². The Balaban J connectivity index is 1.97. The third-order valence-corrected chi connectivity index (χ3v) is 8.16. The number of hydrogen-bond acceptors (Lipinski definition) is 5. The third kappa shape index (κ3) is 3.76. The minimum absolute atomic E-state index is 0.0722. The molecule has 1 amide bonds. The fraction of sp³-hybridized carbons (Fsp3) is 0.556. The Labute approximate surface area is 159 Å². The molecule has 3 atom stereocenters. The molecule has 2 aliphatic rings. The molecule has 2 saturated heterocycles. The number of anilines is 2. The Kier molecular flexibility index (Phi) is 5.35. The fourth-order valence-electron chi connectivity index (χ4n) is 3.16. The topological polar surface area (TPSA) is 70.0 Å². The van der Waals surface area contributed by atoms with Gasteiger partial charge in [0.15, 0.2) is 15.0 Å². The summed E-state index contributed by atoms with van der Waals surface area (Å²) in [7, 11) is 0.889. The van der Waals surface area contributed by atoms with E-state index in [1.54, 1.807) is 0 Å². The molecule has 0 saturated carbocycles. The molecule has 2 fully saturated rings. The van der Waals surface area contributed by atoms with Crippen LogP contribution in [0.3, 0.4) is 0 Å². The van der Waals surface area contributed by atoms with E-state index in [0.29, 0.717) is 5.17 Å². The molecular weight excluding hydrogens is 370 g/mol. The number of nitrogens with zero attached hydrogens (tertiary/aromatic N) is 3. The number of amides is 1. The number of rotatable bonds is 4. The van der Waals surface area contributed by atoms with Crippen molar-refractivity contribution in [1.29, 1.82) is 0 Å². The van der Waals surface area contributed by atoms with Gasteiger partial charge in [0.25, 0.3) is 5.91 Å². The van der Waals surface area contributed by atoms with Crippen molar-refractivity contribution in [2.75, 3.05) is 35.4 Å². The van der Waals surface area contributed by atoms with E-state index in [2.05, 4.69) is 4.99 Å². The zero-order chi connectivity index (χ0) is 19.1. The second kappa shape index (κ2) is 7.23. The molecule has 0 aromatic heterocycles. The van der Waals surface area contributed by atoms with Gasteiger partial charge >= 0.3 is 0 Å². The second-order valence-corrected chi connectivity index (χ2v) is 10.5. The van der Waals surface area contributed by atoms with E-state index in [1.165, 1.54) is 11.8 Å². The van der Waals surface area contributed by atoms with Crippen molar-refractivity contribution in [2.24, 2.45) is 10.9 Å². The lowest BCUT2D eigenvalue weighted by Crippen LogP contribution is -2.37. The van der Waals surface area contributed by atoms with E-state index in [4.69, 9.17) is 0 Å². The highest BCUT2D eigenvalue weighted by atomic mass is 32.2. The zero-order valence-corrected chi connectivity index (χ0v) is 17.2. The maximum Gasteiger partial charge on any atom is 0.250 e. The van der Waals surface area contributed by atoms with Crippen LogP contribution in [0.5, 0.6) is 0 Å². The van der Waals surface area contributed by atoms with Gasteiger partial charge in [-0.2, -0.15) is 4.99 Å². The Hall–Kier alpha value is -1.54. The molecule has 8 heteroatoms. The van der Waals surface area contributed by atoms with E-state index in [0.717, 1.165) is 17.8 Å². The van der Waals surface area contributed by atoms with Gasteiger partial charge in [-0.15, -0.1) is 0 Å². The number of benzene rings is 1. The van der Waals surface area contributed by atoms with Crippen LogP contribution < -0.4 is 9.80 Å². The van der Waals surface area contributed by atoms with Crippen molar-refractivity contribution in [2.45, 2.75) is 31.6 Å². The number of amidine groups is 1. The Morgan fingerprint density at radius 3 is 2.54 bits per heavy atom. The maximum atomic E-state index is 12.3. The summed E-state index contributed by atoms with van der Waals surface area (Å²) in [5.41, 5.74) is 1.94. The molecule has 6 nitrogen and oxygen atoms in total. The first kappa shape index (κ1) is 19.2. The van der Waals surface area contributed by atoms with Crippen LogP contribution in [0.25, 0.3) is 0 Å². The van der Waals surface area contributed by atoms with Gasteiger partial charge in [-0.3, -0.25) is 4.79 Å². The summed E-state index contributed by atoms with van der Waals surface area (Å²) in [6, 6.07) is 7.74. The average molecular weight is 396 g/mol. The highest BCUT2D eigenvalue weighted by Crippen LogP contribution is 2.41. The van der Waals surface area contributed by atoms with E-state index >= 15 is 0 Å². The van der Waals surface area contributed by atoms with Gasteiger partial charge in [0.05, 0.1) is 17.5 Å². The molecule has 3 rings (SSSR count). The summed E-state index contributed by atoms with van der Waals surface area (Å²) in [5.74, 6) is -0.0279. The SMILES string of the molecule is CC[C@H](C)C(=O)N=C1S[C@@H]2CS(=O)(=O)C[C@@H]2N1c1ccc(N(C)C)cc1. The van der Waals surface area contributed by atoms with E-state index in [9.17, 15) is 13.2 Å². The number of sulfone groups is 1. The number of hydrogen-bond donors (Lipinski definition) is 0. The molecule has 2 heterocycles. The third-order valence-electron chi connectivity index (χ3n) is 4.95. The van der Waals surface area contributed by atoms with Gasteiger partial charge in [0.1, 0.15) is 0 Å². The minimum Gasteiger partial charge on any atom is -0.378 e. The molecule has 26 heavy (non-hydrogen) atoms. The quantitative estimate of drug-likeness (QED) is 0.780. The minimum atomic E-state index is -3.05. The molecule has 0 aliphatic carbocycles. The molecule has 0 radical (unpaired) electrons. The monoisotopic (exact) mass is 395 g/mol. The Morgan fingerprint density at radius 1 is 1.31 bits per heavy atom. The van der Waals surface area contributed by atoms with E-state index in [1.807, 2.05) is 62.0 Å². The van der Waals surface area contributed by atoms with Crippen molar-refractivity contribution in [3.8, 4) is 0 Å². The van der Waals surface area contributed by atoms with Crippen LogP contribution in [0.4, 0.5) is 11.4 Å². The van der Waals surface area contributed by atoms with E-state index < -0.39 is 9.84 Å². The lowest BCUT2D eigenvalue weighted by atomic mass is 10.1. The highest BCUT2D eigenvalue weighted by Gasteiger charge is 2.49. The van der Waals surface area contributed by atoms with Gasteiger partial charge in [-0.05, 0) is 30.7 Å². The lowest BCUT2D eigenvalue weighted by Gasteiger charge is -2.25. The van der Waals surface area contributed by atoms with Gasteiger partial charge in [0.2, 0.25) is 0 Å². The van der Waals surface area contributed by atoms with Gasteiger partial charge in [0, 0.05) is 36.6 Å². The molecule has 0 unspecified atom stereocenters. The van der Waals surface area contributed by atoms with Crippen LogP contribution >= 0.6 is 11.8 Å². The summed E-state index contributed by atoms with van der Waals surface area (Å²) in [6.45, 7) is 3.83. The van der Waals surface area contributed by atoms with E-state index in [-0.39, 0.29) is 34.6 Å². The number of carbonyl (C=O) groups is 1. The van der Waals surface area contributed by atoms with Crippen LogP contribution in [-0.4, -0.2) is 56.4 Å². The molecular formula is C18H25N3O3S2. The summed E-state index contributed by atoms with van der Waals surface area (Å²) in [5, 5.41) is 0.551. The molecule has 0 spiro atoms. The summed E-state index contributed by atoms with van der Waals surface area (Å²) in [4.78, 5) is 20.6. The van der Waals surface area contributed by atoms with Crippen LogP contribution in [0.1, 0.15) is 20.3 Å². The van der Waals surface area contributed by atoms with Crippen LogP contribution in [0.15, 0.2) is 29.3 Å². The lowest BCUT2D eigenvalue weighted by molar-refractivity contribution is -0.121. The highest BCUT2D eigenvalue weighted by molar-refractivity contribution is 8.16. The Bertz CT molecular complexity index is 819. The van der Waals surface area contributed by atoms with Gasteiger partial charge < -0.3 is 9.80 Å². The maximum absolute atomic E-state index is 12.3. The fourth-order valence-corrected chi connectivity index (χ4v) is 7.08. The largest absolute Gasteiger partial charge is 0.378 e. The summed E-state index contributed by atoms with van der Waals surface area (Å²) in [6.07, 6.45) is 0.735. The van der Waals surface area contributed by atoms with Crippen molar-refractivity contribution >= 4 is 44.0 Å². The van der Waals surface area contributed by atoms with Gasteiger partial charge in [-0.25, -0.2) is 8.42 Å². The number of carbonyl (C=O) groups excluding carboxylic acids is 1. The summed E-state index contributed by atoms with van der Waals surface area (Å²) < 4.78 is 24.2. The van der Waals surface area contributed by atoms with Gasteiger partial charge in [-0.1, -0.05) is 25.6 Å². The molecule has 0 N–H and O–H groups in total. The molecule has 0 bridgehead atoms. The average Bonchev–Trinajstić information content (AvgIpc) is 3.04. The predicted molar refractivity (Wildman–Crippen MR) is 109 cm³/mol. The van der Waals surface area contributed by atoms with Crippen LogP contribution in [0, 0.1) is 5.92 Å². The first-order valence-electron chi connectivity index (χ1n) is 8.78. The molecule has 142 valence electrons. The first-order chi connectivity index (χ1) is 12.2. The number of thioether (sulfide) groups is 1. The number of aliphatic imine (C=N–C) groups is 1. The molecule has 1 aromatic carbocycles. The predicted octanol–water partition coefficient (Wildman–Crippen LogP) is 2.40.